The number of hydrogen-bond acceptors (Lipinski definition) is 3. The van der Waals surface area contributed by atoms with Gasteiger partial charge in [-0.05, 0) is 25.1 Å². The highest BCUT2D eigenvalue weighted by molar-refractivity contribution is 5.71. The third-order valence-electron chi connectivity index (χ3n) is 3.93. The number of aromatic nitrogens is 3. The Bertz CT molecular complexity index is 1050. The van der Waals surface area contributed by atoms with Gasteiger partial charge < -0.3 is 0 Å². The molecule has 0 N–H and O–H groups in total. The Morgan fingerprint density at radius 2 is 1.67 bits per heavy atom. The Morgan fingerprint density at radius 1 is 0.917 bits per heavy atom. The number of nitriles is 1. The molecule has 0 amide bonds. The first-order valence-corrected chi connectivity index (χ1v) is 7.68. The van der Waals surface area contributed by atoms with Crippen LogP contribution in [0.15, 0.2) is 66.7 Å². The van der Waals surface area contributed by atoms with Gasteiger partial charge in [0, 0.05) is 17.2 Å². The van der Waals surface area contributed by atoms with Gasteiger partial charge in [0.1, 0.15) is 0 Å². The molecule has 0 bridgehead atoms. The molecule has 4 aromatic rings. The van der Waals surface area contributed by atoms with Crippen LogP contribution in [0, 0.1) is 18.3 Å². The summed E-state index contributed by atoms with van der Waals surface area (Å²) < 4.78 is 1.85. The molecule has 0 spiro atoms. The molecular weight excluding hydrogens is 296 g/mol. The Hall–Kier alpha value is -3.45. The molecule has 0 atom stereocenters. The molecule has 0 saturated heterocycles. The minimum absolute atomic E-state index is 0.643. The molecule has 114 valence electrons. The molecule has 0 unspecified atom stereocenters. The van der Waals surface area contributed by atoms with Crippen molar-refractivity contribution in [3.8, 4) is 28.6 Å². The first kappa shape index (κ1) is 14.2. The summed E-state index contributed by atoms with van der Waals surface area (Å²) in [5.41, 5.74) is 6.30. The van der Waals surface area contributed by atoms with E-state index in [0.29, 0.717) is 5.56 Å². The summed E-state index contributed by atoms with van der Waals surface area (Å²) in [6.45, 7) is 1.96. The van der Waals surface area contributed by atoms with Gasteiger partial charge in [-0.2, -0.15) is 10.4 Å². The molecule has 2 heterocycles. The van der Waals surface area contributed by atoms with Crippen molar-refractivity contribution in [2.24, 2.45) is 0 Å². The second-order valence-electron chi connectivity index (χ2n) is 5.64. The summed E-state index contributed by atoms with van der Waals surface area (Å²) in [4.78, 5) is 4.73. The second-order valence-corrected chi connectivity index (χ2v) is 5.64. The van der Waals surface area contributed by atoms with E-state index in [0.717, 1.165) is 33.9 Å². The lowest BCUT2D eigenvalue weighted by atomic mass is 10.1. The zero-order valence-corrected chi connectivity index (χ0v) is 13.1. The highest BCUT2D eigenvalue weighted by Gasteiger charge is 2.11. The van der Waals surface area contributed by atoms with Crippen LogP contribution in [0.25, 0.3) is 28.2 Å². The lowest BCUT2D eigenvalue weighted by Crippen LogP contribution is -1.98. The standard InChI is InChI=1S/C20H14N4/c1-14-11-20-22-18(16-5-3-2-4-6-16)12-19(24(20)23-14)17-9-7-15(13-21)8-10-17/h2-12H,1H3. The molecule has 0 radical (unpaired) electrons. The summed E-state index contributed by atoms with van der Waals surface area (Å²) in [5.74, 6) is 0. The fourth-order valence-electron chi connectivity index (χ4n) is 2.77. The van der Waals surface area contributed by atoms with Gasteiger partial charge in [0.2, 0.25) is 0 Å². The van der Waals surface area contributed by atoms with Gasteiger partial charge in [0.15, 0.2) is 5.65 Å². The van der Waals surface area contributed by atoms with Crippen LogP contribution >= 0.6 is 0 Å². The van der Waals surface area contributed by atoms with E-state index < -0.39 is 0 Å². The normalized spacial score (nSPS) is 10.7. The van der Waals surface area contributed by atoms with Gasteiger partial charge >= 0.3 is 0 Å². The Kier molecular flexibility index (Phi) is 3.33. The third-order valence-corrected chi connectivity index (χ3v) is 3.93. The average Bonchev–Trinajstić information content (AvgIpc) is 3.02. The van der Waals surface area contributed by atoms with Gasteiger partial charge in [-0.3, -0.25) is 0 Å². The van der Waals surface area contributed by atoms with E-state index in [-0.39, 0.29) is 0 Å². The Balaban J connectivity index is 1.97. The minimum Gasteiger partial charge on any atom is -0.228 e. The van der Waals surface area contributed by atoms with Crippen molar-refractivity contribution in [2.45, 2.75) is 6.92 Å². The Labute approximate surface area is 139 Å². The molecule has 2 aromatic heterocycles. The summed E-state index contributed by atoms with van der Waals surface area (Å²) >= 11 is 0. The lowest BCUT2D eigenvalue weighted by molar-refractivity contribution is 0.926. The quantitative estimate of drug-likeness (QED) is 0.556. The van der Waals surface area contributed by atoms with Crippen molar-refractivity contribution in [3.63, 3.8) is 0 Å². The highest BCUT2D eigenvalue weighted by Crippen LogP contribution is 2.26. The molecule has 0 fully saturated rings. The van der Waals surface area contributed by atoms with E-state index in [9.17, 15) is 0 Å². The van der Waals surface area contributed by atoms with Crippen LogP contribution in [-0.2, 0) is 0 Å². The van der Waals surface area contributed by atoms with E-state index in [1.807, 2.05) is 78.2 Å². The maximum atomic E-state index is 8.99. The summed E-state index contributed by atoms with van der Waals surface area (Å²) in [6.07, 6.45) is 0. The second kappa shape index (κ2) is 5.64. The fraction of sp³-hybridized carbons (Fsp3) is 0.0500. The van der Waals surface area contributed by atoms with E-state index in [4.69, 9.17) is 10.2 Å². The van der Waals surface area contributed by atoms with Gasteiger partial charge in [-0.1, -0.05) is 42.5 Å². The first-order valence-electron chi connectivity index (χ1n) is 7.68. The van der Waals surface area contributed by atoms with Crippen LogP contribution in [0.2, 0.25) is 0 Å². The molecule has 4 rings (SSSR count). The molecule has 0 saturated carbocycles. The van der Waals surface area contributed by atoms with Crippen molar-refractivity contribution < 1.29 is 0 Å². The summed E-state index contributed by atoms with van der Waals surface area (Å²) in [6, 6.07) is 23.8. The molecule has 0 aliphatic rings. The van der Waals surface area contributed by atoms with E-state index in [1.54, 1.807) is 0 Å². The van der Waals surface area contributed by atoms with Crippen molar-refractivity contribution in [2.75, 3.05) is 0 Å². The van der Waals surface area contributed by atoms with E-state index in [1.165, 1.54) is 0 Å². The number of fused-ring (bicyclic) bond motifs is 1. The molecule has 4 heteroatoms. The number of aryl methyl sites for hydroxylation is 1. The van der Waals surface area contributed by atoms with Crippen LogP contribution in [0.5, 0.6) is 0 Å². The number of rotatable bonds is 2. The van der Waals surface area contributed by atoms with Gasteiger partial charge in [-0.25, -0.2) is 9.50 Å². The average molecular weight is 310 g/mol. The SMILES string of the molecule is Cc1cc2nc(-c3ccccc3)cc(-c3ccc(C#N)cc3)n2n1. The van der Waals surface area contributed by atoms with Crippen LogP contribution in [-0.4, -0.2) is 14.6 Å². The van der Waals surface area contributed by atoms with Crippen LogP contribution in [0.1, 0.15) is 11.3 Å². The van der Waals surface area contributed by atoms with Crippen LogP contribution in [0.4, 0.5) is 0 Å². The third kappa shape index (κ3) is 2.42. The number of benzene rings is 2. The molecule has 0 aliphatic heterocycles. The Morgan fingerprint density at radius 3 is 2.38 bits per heavy atom. The van der Waals surface area contributed by atoms with E-state index >= 15 is 0 Å². The monoisotopic (exact) mass is 310 g/mol. The predicted molar refractivity (Wildman–Crippen MR) is 93.3 cm³/mol. The van der Waals surface area contributed by atoms with Crippen molar-refractivity contribution >= 4 is 5.65 Å². The largest absolute Gasteiger partial charge is 0.228 e. The van der Waals surface area contributed by atoms with Crippen LogP contribution < -0.4 is 0 Å². The predicted octanol–water partition coefficient (Wildman–Crippen LogP) is 4.24. The van der Waals surface area contributed by atoms with Crippen LogP contribution in [0.3, 0.4) is 0 Å². The van der Waals surface area contributed by atoms with Gasteiger partial charge in [0.25, 0.3) is 0 Å². The topological polar surface area (TPSA) is 54.0 Å². The maximum Gasteiger partial charge on any atom is 0.156 e. The smallest absolute Gasteiger partial charge is 0.156 e. The zero-order chi connectivity index (χ0) is 16.5. The zero-order valence-electron chi connectivity index (χ0n) is 13.1. The lowest BCUT2D eigenvalue weighted by Gasteiger charge is -2.08. The molecule has 2 aromatic carbocycles. The molecule has 4 nitrogen and oxygen atoms in total. The van der Waals surface area contributed by atoms with Crippen molar-refractivity contribution in [1.82, 2.24) is 14.6 Å². The molecule has 0 aliphatic carbocycles. The highest BCUT2D eigenvalue weighted by atomic mass is 15.3. The molecular formula is C20H14N4. The van der Waals surface area contributed by atoms with Crippen molar-refractivity contribution in [1.29, 1.82) is 5.26 Å². The minimum atomic E-state index is 0.643. The summed E-state index contributed by atoms with van der Waals surface area (Å²) in [7, 11) is 0. The van der Waals surface area contributed by atoms with E-state index in [2.05, 4.69) is 11.2 Å². The summed E-state index contributed by atoms with van der Waals surface area (Å²) in [5, 5.41) is 13.5. The number of nitrogens with zero attached hydrogens (tertiary/aromatic N) is 4. The number of hydrogen-bond donors (Lipinski definition) is 0. The fourth-order valence-corrected chi connectivity index (χ4v) is 2.77. The molecule has 24 heavy (non-hydrogen) atoms. The maximum absolute atomic E-state index is 8.99. The van der Waals surface area contributed by atoms with Gasteiger partial charge in [-0.15, -0.1) is 0 Å². The van der Waals surface area contributed by atoms with Gasteiger partial charge in [0.05, 0.1) is 28.7 Å². The first-order chi connectivity index (χ1) is 11.7. The van der Waals surface area contributed by atoms with Crippen molar-refractivity contribution in [3.05, 3.63) is 78.0 Å².